The van der Waals surface area contributed by atoms with Crippen LogP contribution in [0.25, 0.3) is 0 Å². The van der Waals surface area contributed by atoms with Crippen molar-refractivity contribution in [3.8, 4) is 0 Å². The highest BCUT2D eigenvalue weighted by Crippen LogP contribution is 2.09. The van der Waals surface area contributed by atoms with Gasteiger partial charge in [0.2, 0.25) is 0 Å². The molecule has 1 N–H and O–H groups in total. The fraction of sp³-hybridized carbons (Fsp3) is 0.350. The summed E-state index contributed by atoms with van der Waals surface area (Å²) in [6, 6.07) is 10.2. The number of hydrogen-bond donors (Lipinski definition) is 1. The summed E-state index contributed by atoms with van der Waals surface area (Å²) in [6.45, 7) is 3.91. The first kappa shape index (κ1) is 20.2. The Morgan fingerprint density at radius 2 is 1.72 bits per heavy atom. The molecule has 0 radical (unpaired) electrons. The maximum Gasteiger partial charge on any atom is 0.409 e. The second-order valence-corrected chi connectivity index (χ2v) is 6.39. The monoisotopic (exact) mass is 397 g/mol. The Labute approximate surface area is 168 Å². The molecule has 9 nitrogen and oxygen atoms in total. The molecule has 152 valence electrons. The Hall–Kier alpha value is -3.49. The predicted molar refractivity (Wildman–Crippen MR) is 104 cm³/mol. The van der Waals surface area contributed by atoms with Gasteiger partial charge in [-0.2, -0.15) is 0 Å². The number of ether oxygens (including phenoxy) is 1. The lowest BCUT2D eigenvalue weighted by molar-refractivity contribution is 0.0565. The van der Waals surface area contributed by atoms with E-state index in [2.05, 4.69) is 15.3 Å². The Balaban J connectivity index is 1.58. The van der Waals surface area contributed by atoms with E-state index in [9.17, 15) is 14.4 Å². The third-order valence-electron chi connectivity index (χ3n) is 4.45. The molecule has 0 aliphatic carbocycles. The van der Waals surface area contributed by atoms with Gasteiger partial charge in [0.15, 0.2) is 0 Å². The van der Waals surface area contributed by atoms with E-state index in [1.54, 1.807) is 47.2 Å². The van der Waals surface area contributed by atoms with Gasteiger partial charge in [-0.15, -0.1) is 0 Å². The minimum atomic E-state index is -0.377. The smallest absolute Gasteiger partial charge is 0.409 e. The van der Waals surface area contributed by atoms with E-state index < -0.39 is 0 Å². The number of piperazine rings is 1. The summed E-state index contributed by atoms with van der Waals surface area (Å²) in [5.74, 6) is -0.648. The normalized spacial score (nSPS) is 13.7. The first-order chi connectivity index (χ1) is 14.1. The van der Waals surface area contributed by atoms with Gasteiger partial charge in [0.25, 0.3) is 11.8 Å². The second-order valence-electron chi connectivity index (χ2n) is 6.39. The second kappa shape index (κ2) is 9.63. The SMILES string of the molecule is CCOC(=O)N1CCN(C(=O)c2cccc(C(=O)NCc3ccccn3)n2)CC1. The fourth-order valence-corrected chi connectivity index (χ4v) is 2.91. The average molecular weight is 397 g/mol. The Morgan fingerprint density at radius 1 is 1.00 bits per heavy atom. The number of hydrogen-bond acceptors (Lipinski definition) is 6. The van der Waals surface area contributed by atoms with Gasteiger partial charge in [0.05, 0.1) is 18.8 Å². The third-order valence-corrected chi connectivity index (χ3v) is 4.45. The quantitative estimate of drug-likeness (QED) is 0.816. The van der Waals surface area contributed by atoms with Crippen molar-refractivity contribution in [1.29, 1.82) is 0 Å². The molecule has 2 aromatic rings. The van der Waals surface area contributed by atoms with Gasteiger partial charge >= 0.3 is 6.09 Å². The lowest BCUT2D eigenvalue weighted by Crippen LogP contribution is -2.50. The van der Waals surface area contributed by atoms with E-state index in [1.165, 1.54) is 0 Å². The molecule has 1 fully saturated rings. The van der Waals surface area contributed by atoms with Crippen LogP contribution in [0.4, 0.5) is 4.79 Å². The van der Waals surface area contributed by atoms with Gasteiger partial charge in [-0.3, -0.25) is 14.6 Å². The van der Waals surface area contributed by atoms with Gasteiger partial charge in [-0.1, -0.05) is 12.1 Å². The predicted octanol–water partition coefficient (Wildman–Crippen LogP) is 1.32. The Kier molecular flexibility index (Phi) is 6.72. The number of nitrogens with one attached hydrogen (secondary N) is 1. The van der Waals surface area contributed by atoms with Crippen molar-refractivity contribution in [2.75, 3.05) is 32.8 Å². The van der Waals surface area contributed by atoms with Crippen molar-refractivity contribution in [3.63, 3.8) is 0 Å². The highest BCUT2D eigenvalue weighted by Gasteiger charge is 2.26. The lowest BCUT2D eigenvalue weighted by atomic mass is 10.2. The molecule has 0 atom stereocenters. The number of aromatic nitrogens is 2. The molecule has 3 rings (SSSR count). The van der Waals surface area contributed by atoms with Crippen LogP contribution in [-0.4, -0.2) is 70.5 Å². The van der Waals surface area contributed by atoms with Crippen LogP contribution in [-0.2, 0) is 11.3 Å². The Bertz CT molecular complexity index is 866. The van der Waals surface area contributed by atoms with Crippen LogP contribution in [0.2, 0.25) is 0 Å². The van der Waals surface area contributed by atoms with Crippen LogP contribution >= 0.6 is 0 Å². The molecule has 0 spiro atoms. The zero-order chi connectivity index (χ0) is 20.6. The molecular formula is C20H23N5O4. The number of amides is 3. The minimum absolute atomic E-state index is 0.164. The van der Waals surface area contributed by atoms with Gasteiger partial charge in [0, 0.05) is 32.4 Å². The van der Waals surface area contributed by atoms with E-state index >= 15 is 0 Å². The van der Waals surface area contributed by atoms with Crippen molar-refractivity contribution in [2.24, 2.45) is 0 Å². The van der Waals surface area contributed by atoms with E-state index in [4.69, 9.17) is 4.74 Å². The van der Waals surface area contributed by atoms with Crippen molar-refractivity contribution in [1.82, 2.24) is 25.1 Å². The molecule has 0 aromatic carbocycles. The third kappa shape index (κ3) is 5.28. The van der Waals surface area contributed by atoms with E-state index in [0.29, 0.717) is 32.8 Å². The van der Waals surface area contributed by atoms with Gasteiger partial charge in [0.1, 0.15) is 11.4 Å². The van der Waals surface area contributed by atoms with Gasteiger partial charge in [-0.05, 0) is 31.2 Å². The number of carbonyl (C=O) groups is 3. The zero-order valence-corrected chi connectivity index (χ0v) is 16.2. The molecule has 1 aliphatic heterocycles. The summed E-state index contributed by atoms with van der Waals surface area (Å²) in [5, 5.41) is 2.74. The number of rotatable bonds is 5. The van der Waals surface area contributed by atoms with Crippen molar-refractivity contribution in [2.45, 2.75) is 13.5 Å². The zero-order valence-electron chi connectivity index (χ0n) is 16.2. The van der Waals surface area contributed by atoms with Crippen molar-refractivity contribution in [3.05, 3.63) is 59.7 Å². The van der Waals surface area contributed by atoms with E-state index in [-0.39, 0.29) is 35.8 Å². The number of pyridine rings is 2. The summed E-state index contributed by atoms with van der Waals surface area (Å²) >= 11 is 0. The summed E-state index contributed by atoms with van der Waals surface area (Å²) in [4.78, 5) is 48.4. The molecular weight excluding hydrogens is 374 g/mol. The number of nitrogens with zero attached hydrogens (tertiary/aromatic N) is 4. The van der Waals surface area contributed by atoms with Crippen molar-refractivity contribution >= 4 is 17.9 Å². The largest absolute Gasteiger partial charge is 0.450 e. The van der Waals surface area contributed by atoms with Gasteiger partial charge < -0.3 is 19.9 Å². The van der Waals surface area contributed by atoms with E-state index in [0.717, 1.165) is 5.69 Å². The molecule has 1 aliphatic rings. The van der Waals surface area contributed by atoms with Crippen LogP contribution in [0.15, 0.2) is 42.6 Å². The Morgan fingerprint density at radius 3 is 2.41 bits per heavy atom. The van der Waals surface area contributed by atoms with Crippen LogP contribution in [0.1, 0.15) is 33.6 Å². The first-order valence-corrected chi connectivity index (χ1v) is 9.44. The fourth-order valence-electron chi connectivity index (χ4n) is 2.91. The summed E-state index contributed by atoms with van der Waals surface area (Å²) < 4.78 is 4.98. The molecule has 0 saturated carbocycles. The number of carbonyl (C=O) groups excluding carboxylic acids is 3. The summed E-state index contributed by atoms with van der Waals surface area (Å²) in [5.41, 5.74) is 1.09. The topological polar surface area (TPSA) is 105 Å². The van der Waals surface area contributed by atoms with Crippen molar-refractivity contribution < 1.29 is 19.1 Å². The standard InChI is InChI=1S/C20H23N5O4/c1-2-29-20(28)25-12-10-24(11-13-25)19(27)17-8-5-7-16(23-17)18(26)22-14-15-6-3-4-9-21-15/h3-9H,2,10-14H2,1H3,(H,22,26). The lowest BCUT2D eigenvalue weighted by Gasteiger charge is -2.33. The molecule has 9 heteroatoms. The maximum absolute atomic E-state index is 12.7. The minimum Gasteiger partial charge on any atom is -0.450 e. The molecule has 1 saturated heterocycles. The summed E-state index contributed by atoms with van der Waals surface area (Å²) in [6.07, 6.45) is 1.28. The highest BCUT2D eigenvalue weighted by atomic mass is 16.6. The molecule has 0 bridgehead atoms. The van der Waals surface area contributed by atoms with Crippen LogP contribution < -0.4 is 5.32 Å². The molecule has 2 aromatic heterocycles. The van der Waals surface area contributed by atoms with Crippen LogP contribution in [0, 0.1) is 0 Å². The highest BCUT2D eigenvalue weighted by molar-refractivity contribution is 5.96. The molecule has 3 amide bonds. The molecule has 3 heterocycles. The molecule has 29 heavy (non-hydrogen) atoms. The van der Waals surface area contributed by atoms with Crippen LogP contribution in [0.5, 0.6) is 0 Å². The first-order valence-electron chi connectivity index (χ1n) is 9.44. The van der Waals surface area contributed by atoms with Gasteiger partial charge in [-0.25, -0.2) is 9.78 Å². The summed E-state index contributed by atoms with van der Waals surface area (Å²) in [7, 11) is 0. The molecule has 0 unspecified atom stereocenters. The average Bonchev–Trinajstić information content (AvgIpc) is 2.78. The van der Waals surface area contributed by atoms with E-state index in [1.807, 2.05) is 12.1 Å². The maximum atomic E-state index is 12.7. The van der Waals surface area contributed by atoms with Crippen LogP contribution in [0.3, 0.4) is 0 Å².